The van der Waals surface area contributed by atoms with Gasteiger partial charge in [-0.15, -0.1) is 0 Å². The zero-order valence-corrected chi connectivity index (χ0v) is 9.14. The SMILES string of the molecule is Cc1cc(C(=O)N2CCC(C#N)CC2)on1. The fourth-order valence-electron chi connectivity index (χ4n) is 1.83. The molecule has 84 valence electrons. The van der Waals surface area contributed by atoms with Gasteiger partial charge in [-0.05, 0) is 19.8 Å². The van der Waals surface area contributed by atoms with Gasteiger partial charge in [0.15, 0.2) is 0 Å². The summed E-state index contributed by atoms with van der Waals surface area (Å²) in [6.45, 7) is 3.02. The number of nitriles is 1. The minimum Gasteiger partial charge on any atom is -0.351 e. The highest BCUT2D eigenvalue weighted by molar-refractivity contribution is 5.91. The fraction of sp³-hybridized carbons (Fsp3) is 0.545. The summed E-state index contributed by atoms with van der Waals surface area (Å²) in [5.41, 5.74) is 0.704. The first-order valence-electron chi connectivity index (χ1n) is 5.33. The Labute approximate surface area is 93.6 Å². The van der Waals surface area contributed by atoms with Crippen LogP contribution in [0.1, 0.15) is 29.1 Å². The second-order valence-electron chi connectivity index (χ2n) is 4.03. The van der Waals surface area contributed by atoms with Gasteiger partial charge in [0.1, 0.15) is 0 Å². The summed E-state index contributed by atoms with van der Waals surface area (Å²) in [4.78, 5) is 13.6. The molecule has 0 unspecified atom stereocenters. The van der Waals surface area contributed by atoms with E-state index < -0.39 is 0 Å². The molecule has 1 saturated heterocycles. The summed E-state index contributed by atoms with van der Waals surface area (Å²) < 4.78 is 4.93. The summed E-state index contributed by atoms with van der Waals surface area (Å²) >= 11 is 0. The standard InChI is InChI=1S/C11H13N3O2/c1-8-6-10(16-13-8)11(15)14-4-2-9(7-12)3-5-14/h6,9H,2-5H2,1H3. The molecule has 0 bridgehead atoms. The number of likely N-dealkylation sites (tertiary alicyclic amines) is 1. The Morgan fingerprint density at radius 2 is 2.31 bits per heavy atom. The zero-order chi connectivity index (χ0) is 11.5. The Balaban J connectivity index is 2.00. The topological polar surface area (TPSA) is 70.1 Å². The van der Waals surface area contributed by atoms with Crippen molar-refractivity contribution in [3.63, 3.8) is 0 Å². The molecule has 1 aliphatic rings. The van der Waals surface area contributed by atoms with E-state index in [-0.39, 0.29) is 17.6 Å². The second kappa shape index (κ2) is 4.35. The van der Waals surface area contributed by atoms with Gasteiger partial charge in [-0.25, -0.2) is 0 Å². The first-order valence-corrected chi connectivity index (χ1v) is 5.33. The molecular formula is C11H13N3O2. The van der Waals surface area contributed by atoms with Crippen molar-refractivity contribution in [3.05, 3.63) is 17.5 Å². The van der Waals surface area contributed by atoms with Gasteiger partial charge in [-0.3, -0.25) is 4.79 Å². The normalized spacial score (nSPS) is 17.1. The molecule has 1 aliphatic heterocycles. The molecule has 2 heterocycles. The molecule has 0 atom stereocenters. The van der Waals surface area contributed by atoms with Gasteiger partial charge in [0.25, 0.3) is 5.91 Å². The Kier molecular flexibility index (Phi) is 2.91. The molecule has 5 nitrogen and oxygen atoms in total. The second-order valence-corrected chi connectivity index (χ2v) is 4.03. The Bertz CT molecular complexity index is 425. The molecule has 1 fully saturated rings. The fourth-order valence-corrected chi connectivity index (χ4v) is 1.83. The Hall–Kier alpha value is -1.83. The first kappa shape index (κ1) is 10.7. The van der Waals surface area contributed by atoms with E-state index in [4.69, 9.17) is 9.78 Å². The summed E-state index contributed by atoms with van der Waals surface area (Å²) in [6, 6.07) is 3.87. The van der Waals surface area contributed by atoms with Crippen LogP contribution in [0.3, 0.4) is 0 Å². The van der Waals surface area contributed by atoms with Crippen molar-refractivity contribution in [2.45, 2.75) is 19.8 Å². The van der Waals surface area contributed by atoms with Gasteiger partial charge >= 0.3 is 0 Å². The third-order valence-electron chi connectivity index (χ3n) is 2.80. The molecule has 0 aliphatic carbocycles. The maximum atomic E-state index is 11.9. The van der Waals surface area contributed by atoms with E-state index in [0.29, 0.717) is 18.8 Å². The molecule has 1 amide bonds. The lowest BCUT2D eigenvalue weighted by Gasteiger charge is -2.28. The molecule has 0 N–H and O–H groups in total. The molecule has 0 saturated carbocycles. The third-order valence-corrected chi connectivity index (χ3v) is 2.80. The van der Waals surface area contributed by atoms with Gasteiger partial charge in [0.05, 0.1) is 11.8 Å². The van der Waals surface area contributed by atoms with Crippen molar-refractivity contribution >= 4 is 5.91 Å². The monoisotopic (exact) mass is 219 g/mol. The lowest BCUT2D eigenvalue weighted by molar-refractivity contribution is 0.0665. The van der Waals surface area contributed by atoms with Crippen LogP contribution in [-0.2, 0) is 0 Å². The van der Waals surface area contributed by atoms with Crippen LogP contribution in [0.4, 0.5) is 0 Å². The summed E-state index contributed by atoms with van der Waals surface area (Å²) in [6.07, 6.45) is 1.49. The number of hydrogen-bond donors (Lipinski definition) is 0. The van der Waals surface area contributed by atoms with Gasteiger partial charge < -0.3 is 9.42 Å². The molecule has 1 aromatic heterocycles. The van der Waals surface area contributed by atoms with Gasteiger partial charge in [-0.1, -0.05) is 5.16 Å². The van der Waals surface area contributed by atoms with Crippen molar-refractivity contribution in [1.82, 2.24) is 10.1 Å². The third kappa shape index (κ3) is 2.06. The minimum absolute atomic E-state index is 0.0838. The number of hydrogen-bond acceptors (Lipinski definition) is 4. The smallest absolute Gasteiger partial charge is 0.292 e. The average molecular weight is 219 g/mol. The first-order chi connectivity index (χ1) is 7.70. The van der Waals surface area contributed by atoms with Crippen LogP contribution in [0, 0.1) is 24.2 Å². The molecule has 2 rings (SSSR count). The van der Waals surface area contributed by atoms with Crippen LogP contribution < -0.4 is 0 Å². The van der Waals surface area contributed by atoms with E-state index in [9.17, 15) is 4.79 Å². The van der Waals surface area contributed by atoms with Crippen LogP contribution in [0.5, 0.6) is 0 Å². The highest BCUT2D eigenvalue weighted by Gasteiger charge is 2.25. The van der Waals surface area contributed by atoms with E-state index in [1.165, 1.54) is 0 Å². The minimum atomic E-state index is -0.128. The lowest BCUT2D eigenvalue weighted by atomic mass is 9.98. The number of aromatic nitrogens is 1. The number of carbonyl (C=O) groups excluding carboxylic acids is 1. The Morgan fingerprint density at radius 1 is 1.62 bits per heavy atom. The average Bonchev–Trinajstić information content (AvgIpc) is 2.75. The van der Waals surface area contributed by atoms with Crippen LogP contribution in [0.2, 0.25) is 0 Å². The quantitative estimate of drug-likeness (QED) is 0.715. The molecule has 0 spiro atoms. The summed E-state index contributed by atoms with van der Waals surface area (Å²) in [7, 11) is 0. The molecule has 0 aromatic carbocycles. The highest BCUT2D eigenvalue weighted by atomic mass is 16.5. The van der Waals surface area contributed by atoms with Gasteiger partial charge in [0, 0.05) is 25.1 Å². The van der Waals surface area contributed by atoms with Crippen molar-refractivity contribution in [3.8, 4) is 6.07 Å². The maximum absolute atomic E-state index is 11.9. The van der Waals surface area contributed by atoms with Crippen LogP contribution in [-0.4, -0.2) is 29.1 Å². The zero-order valence-electron chi connectivity index (χ0n) is 9.14. The van der Waals surface area contributed by atoms with E-state index in [1.807, 2.05) is 0 Å². The van der Waals surface area contributed by atoms with E-state index in [2.05, 4.69) is 11.2 Å². The number of amides is 1. The number of nitrogens with zero attached hydrogens (tertiary/aromatic N) is 3. The van der Waals surface area contributed by atoms with E-state index in [0.717, 1.165) is 12.8 Å². The predicted octanol–water partition coefficient (Wildman–Crippen LogP) is 1.36. The van der Waals surface area contributed by atoms with Crippen molar-refractivity contribution in [1.29, 1.82) is 5.26 Å². The number of carbonyl (C=O) groups is 1. The van der Waals surface area contributed by atoms with Crippen LogP contribution in [0.15, 0.2) is 10.6 Å². The van der Waals surface area contributed by atoms with Gasteiger partial charge in [0.2, 0.25) is 5.76 Å². The molecule has 5 heteroatoms. The molecule has 0 radical (unpaired) electrons. The van der Waals surface area contributed by atoms with Crippen LogP contribution >= 0.6 is 0 Å². The van der Waals surface area contributed by atoms with E-state index >= 15 is 0 Å². The van der Waals surface area contributed by atoms with Crippen LogP contribution in [0.25, 0.3) is 0 Å². The molecular weight excluding hydrogens is 206 g/mol. The van der Waals surface area contributed by atoms with E-state index in [1.54, 1.807) is 17.9 Å². The lowest BCUT2D eigenvalue weighted by Crippen LogP contribution is -2.38. The largest absolute Gasteiger partial charge is 0.351 e. The Morgan fingerprint density at radius 3 is 2.81 bits per heavy atom. The highest BCUT2D eigenvalue weighted by Crippen LogP contribution is 2.18. The number of rotatable bonds is 1. The van der Waals surface area contributed by atoms with Gasteiger partial charge in [-0.2, -0.15) is 5.26 Å². The maximum Gasteiger partial charge on any atom is 0.292 e. The number of piperidine rings is 1. The van der Waals surface area contributed by atoms with Crippen molar-refractivity contribution < 1.29 is 9.32 Å². The summed E-state index contributed by atoms with van der Waals surface area (Å²) in [5, 5.41) is 12.4. The summed E-state index contributed by atoms with van der Waals surface area (Å²) in [5.74, 6) is 0.241. The number of aryl methyl sites for hydroxylation is 1. The molecule has 1 aromatic rings. The van der Waals surface area contributed by atoms with Crippen molar-refractivity contribution in [2.75, 3.05) is 13.1 Å². The molecule has 16 heavy (non-hydrogen) atoms. The predicted molar refractivity (Wildman–Crippen MR) is 55.5 cm³/mol. The van der Waals surface area contributed by atoms with Crippen molar-refractivity contribution in [2.24, 2.45) is 5.92 Å².